The zero-order chi connectivity index (χ0) is 15.0. The number of hydrogen-bond donors (Lipinski definition) is 0. The predicted molar refractivity (Wildman–Crippen MR) is 76.3 cm³/mol. The average molecular weight is 290 g/mol. The van der Waals surface area contributed by atoms with Gasteiger partial charge in [0.15, 0.2) is 0 Å². The van der Waals surface area contributed by atoms with E-state index >= 15 is 0 Å². The van der Waals surface area contributed by atoms with E-state index in [1.165, 1.54) is 12.1 Å². The molecule has 1 aromatic carbocycles. The van der Waals surface area contributed by atoms with Gasteiger partial charge < -0.3 is 4.57 Å². The van der Waals surface area contributed by atoms with Crippen molar-refractivity contribution in [3.05, 3.63) is 60.5 Å². The summed E-state index contributed by atoms with van der Waals surface area (Å²) in [6.45, 7) is 5.02. The molecule has 0 amide bonds. The molecular weight excluding hydrogens is 272 g/mol. The van der Waals surface area contributed by atoms with E-state index in [0.29, 0.717) is 5.56 Å². The summed E-state index contributed by atoms with van der Waals surface area (Å²) in [6.07, 6.45) is 5.26. The summed E-state index contributed by atoms with van der Waals surface area (Å²) in [7, 11) is 1.91. The molecule has 2 atom stereocenters. The van der Waals surface area contributed by atoms with Gasteiger partial charge in [0.1, 0.15) is 11.6 Å². The molecule has 2 heterocycles. The lowest BCUT2D eigenvalue weighted by atomic mass is 10.0. The lowest BCUT2D eigenvalue weighted by Gasteiger charge is -2.31. The fraction of sp³-hybridized carbons (Fsp3) is 0.375. The lowest BCUT2D eigenvalue weighted by molar-refractivity contribution is 0.202. The van der Waals surface area contributed by atoms with E-state index in [1.54, 1.807) is 12.5 Å². The van der Waals surface area contributed by atoms with E-state index < -0.39 is 5.82 Å². The predicted octanol–water partition coefficient (Wildman–Crippen LogP) is 3.41. The molecule has 1 aliphatic heterocycles. The lowest BCUT2D eigenvalue weighted by Crippen LogP contribution is -2.28. The van der Waals surface area contributed by atoms with Crippen molar-refractivity contribution < 1.29 is 8.78 Å². The third kappa shape index (κ3) is 2.58. The van der Waals surface area contributed by atoms with Crippen molar-refractivity contribution in [2.24, 2.45) is 7.05 Å². The summed E-state index contributed by atoms with van der Waals surface area (Å²) in [4.78, 5) is 6.23. The summed E-state index contributed by atoms with van der Waals surface area (Å²) in [5, 5.41) is 0. The van der Waals surface area contributed by atoms with E-state index in [-0.39, 0.29) is 17.9 Å². The molecule has 3 rings (SSSR count). The van der Waals surface area contributed by atoms with E-state index in [1.807, 2.05) is 11.6 Å². The highest BCUT2D eigenvalue weighted by Crippen LogP contribution is 2.39. The van der Waals surface area contributed by atoms with Gasteiger partial charge in [0.2, 0.25) is 0 Å². The average Bonchev–Trinajstić information content (AvgIpc) is 3.09. The second-order valence-electron chi connectivity index (χ2n) is 5.51. The fourth-order valence-corrected chi connectivity index (χ4v) is 3.12. The number of aromatic nitrogens is 2. The Kier molecular flexibility index (Phi) is 3.76. The van der Waals surface area contributed by atoms with Crippen molar-refractivity contribution in [2.45, 2.75) is 24.9 Å². The largest absolute Gasteiger partial charge is 0.336 e. The molecule has 0 N–H and O–H groups in total. The number of rotatable bonds is 3. The minimum atomic E-state index is -0.403. The van der Waals surface area contributed by atoms with Gasteiger partial charge >= 0.3 is 0 Å². The molecule has 1 fully saturated rings. The summed E-state index contributed by atoms with van der Waals surface area (Å²) in [6, 6.07) is 3.38. The molecule has 111 valence electrons. The van der Waals surface area contributed by atoms with Crippen LogP contribution in [0.1, 0.15) is 36.2 Å². The van der Waals surface area contributed by atoms with Crippen LogP contribution in [0.4, 0.5) is 8.78 Å². The Hall–Kier alpha value is -1.75. The van der Waals surface area contributed by atoms with Crippen molar-refractivity contribution in [1.29, 1.82) is 0 Å². The Morgan fingerprint density at radius 3 is 2.90 bits per heavy atom. The quantitative estimate of drug-likeness (QED) is 0.863. The topological polar surface area (TPSA) is 21.1 Å². The molecule has 0 saturated carbocycles. The van der Waals surface area contributed by atoms with Crippen LogP contribution in [0.15, 0.2) is 30.7 Å². The minimum Gasteiger partial charge on any atom is -0.336 e. The SMILES string of the molecule is [CH2]C(c1cncn1C)N1CCC[C@@H]1c1cc(F)ccc1F. The van der Waals surface area contributed by atoms with Crippen LogP contribution >= 0.6 is 0 Å². The molecule has 0 aliphatic carbocycles. The van der Waals surface area contributed by atoms with Crippen LogP contribution in [0.2, 0.25) is 0 Å². The molecule has 1 radical (unpaired) electrons. The Bertz CT molecular complexity index is 638. The second kappa shape index (κ2) is 5.56. The van der Waals surface area contributed by atoms with Crippen molar-refractivity contribution in [3.8, 4) is 0 Å². The summed E-state index contributed by atoms with van der Waals surface area (Å²) in [5.41, 5.74) is 1.39. The smallest absolute Gasteiger partial charge is 0.128 e. The van der Waals surface area contributed by atoms with Gasteiger partial charge in [-0.15, -0.1) is 0 Å². The molecule has 1 aliphatic rings. The zero-order valence-electron chi connectivity index (χ0n) is 12.0. The van der Waals surface area contributed by atoms with Gasteiger partial charge in [-0.25, -0.2) is 13.8 Å². The number of aryl methyl sites for hydroxylation is 1. The minimum absolute atomic E-state index is 0.132. The molecule has 2 aromatic rings. The van der Waals surface area contributed by atoms with Crippen molar-refractivity contribution in [1.82, 2.24) is 14.5 Å². The molecule has 1 unspecified atom stereocenters. The third-order valence-corrected chi connectivity index (χ3v) is 4.21. The monoisotopic (exact) mass is 290 g/mol. The third-order valence-electron chi connectivity index (χ3n) is 4.21. The second-order valence-corrected chi connectivity index (χ2v) is 5.51. The number of nitrogens with zero attached hydrogens (tertiary/aromatic N) is 3. The molecular formula is C16H18F2N3. The first kappa shape index (κ1) is 14.2. The molecule has 1 aromatic heterocycles. The first-order chi connectivity index (χ1) is 10.1. The summed E-state index contributed by atoms with van der Waals surface area (Å²) < 4.78 is 29.4. The van der Waals surface area contributed by atoms with Crippen LogP contribution in [-0.2, 0) is 7.05 Å². The molecule has 0 bridgehead atoms. The van der Waals surface area contributed by atoms with Gasteiger partial charge in [0.05, 0.1) is 18.1 Å². The maximum absolute atomic E-state index is 14.0. The summed E-state index contributed by atoms with van der Waals surface area (Å²) >= 11 is 0. The van der Waals surface area contributed by atoms with Crippen molar-refractivity contribution in [2.75, 3.05) is 6.54 Å². The fourth-order valence-electron chi connectivity index (χ4n) is 3.12. The highest BCUT2D eigenvalue weighted by atomic mass is 19.1. The highest BCUT2D eigenvalue weighted by Gasteiger charge is 2.33. The van der Waals surface area contributed by atoms with Crippen LogP contribution in [0.5, 0.6) is 0 Å². The van der Waals surface area contributed by atoms with Crippen LogP contribution in [0, 0.1) is 18.6 Å². The van der Waals surface area contributed by atoms with Crippen LogP contribution < -0.4 is 0 Å². The Balaban J connectivity index is 1.92. The highest BCUT2D eigenvalue weighted by molar-refractivity contribution is 5.24. The van der Waals surface area contributed by atoms with E-state index in [9.17, 15) is 8.78 Å². The van der Waals surface area contributed by atoms with E-state index in [4.69, 9.17) is 0 Å². The maximum Gasteiger partial charge on any atom is 0.128 e. The van der Waals surface area contributed by atoms with Crippen LogP contribution in [0.25, 0.3) is 0 Å². The van der Waals surface area contributed by atoms with Gasteiger partial charge in [-0.2, -0.15) is 0 Å². The van der Waals surface area contributed by atoms with Gasteiger partial charge in [0, 0.05) is 24.8 Å². The number of hydrogen-bond acceptors (Lipinski definition) is 2. The van der Waals surface area contributed by atoms with Crippen LogP contribution in [0.3, 0.4) is 0 Å². The molecule has 5 heteroatoms. The number of likely N-dealkylation sites (tertiary alicyclic amines) is 1. The van der Waals surface area contributed by atoms with Crippen molar-refractivity contribution >= 4 is 0 Å². The first-order valence-corrected chi connectivity index (χ1v) is 7.08. The number of imidazole rings is 1. The normalized spacial score (nSPS) is 20.9. The Morgan fingerprint density at radius 2 is 2.19 bits per heavy atom. The zero-order valence-corrected chi connectivity index (χ0v) is 12.0. The summed E-state index contributed by atoms with van der Waals surface area (Å²) in [5.74, 6) is -0.759. The molecule has 0 spiro atoms. The Morgan fingerprint density at radius 1 is 1.38 bits per heavy atom. The van der Waals surface area contributed by atoms with Gasteiger partial charge in [-0.1, -0.05) is 0 Å². The molecule has 21 heavy (non-hydrogen) atoms. The van der Waals surface area contributed by atoms with Crippen LogP contribution in [-0.4, -0.2) is 21.0 Å². The standard InChI is InChI=1S/C16H18F2N3/c1-11(16-9-19-10-20(16)2)21-7-3-4-15(21)13-8-12(17)5-6-14(13)18/h5-6,8-11,15H,1,3-4,7H2,2H3/t11?,15-/m1/s1. The molecule has 3 nitrogen and oxygen atoms in total. The number of benzene rings is 1. The number of halogens is 2. The van der Waals surface area contributed by atoms with Gasteiger partial charge in [-0.3, -0.25) is 4.90 Å². The van der Waals surface area contributed by atoms with Gasteiger partial charge in [-0.05, 0) is 44.5 Å². The van der Waals surface area contributed by atoms with Crippen molar-refractivity contribution in [3.63, 3.8) is 0 Å². The Labute approximate surface area is 123 Å². The maximum atomic E-state index is 14.0. The van der Waals surface area contributed by atoms with E-state index in [0.717, 1.165) is 31.1 Å². The molecule has 1 saturated heterocycles. The first-order valence-electron chi connectivity index (χ1n) is 7.08. The van der Waals surface area contributed by atoms with Gasteiger partial charge in [0.25, 0.3) is 0 Å². The van der Waals surface area contributed by atoms with E-state index in [2.05, 4.69) is 16.8 Å².